The fraction of sp³-hybridized carbons (Fsp3) is 0.625. The third-order valence-electron chi connectivity index (χ3n) is 3.87. The van der Waals surface area contributed by atoms with Crippen molar-refractivity contribution in [3.63, 3.8) is 0 Å². The summed E-state index contributed by atoms with van der Waals surface area (Å²) in [5, 5.41) is 13.0. The highest BCUT2D eigenvalue weighted by Crippen LogP contribution is 2.25. The lowest BCUT2D eigenvalue weighted by Gasteiger charge is -2.27. The van der Waals surface area contributed by atoms with Gasteiger partial charge in [0.1, 0.15) is 5.82 Å². The summed E-state index contributed by atoms with van der Waals surface area (Å²) in [4.78, 5) is 0. The number of halogens is 2. The smallest absolute Gasteiger partial charge is 0.141 e. The summed E-state index contributed by atoms with van der Waals surface area (Å²) in [6.07, 6.45) is 4.31. The zero-order chi connectivity index (χ0) is 15.2. The van der Waals surface area contributed by atoms with Crippen molar-refractivity contribution in [1.82, 2.24) is 0 Å². The molecule has 0 spiro atoms. The van der Waals surface area contributed by atoms with Crippen LogP contribution in [0.25, 0.3) is 0 Å². The predicted molar refractivity (Wildman–Crippen MR) is 83.3 cm³/mol. The normalized spacial score (nSPS) is 23.8. The molecule has 0 bridgehead atoms. The third-order valence-corrected chi connectivity index (χ3v) is 4.16. The molecule has 0 aliphatic heterocycles. The average Bonchev–Trinajstić information content (AvgIpc) is 2.46. The molecule has 1 saturated carbocycles. The molecule has 1 fully saturated rings. The first kappa shape index (κ1) is 16.5. The second kappa shape index (κ2) is 7.97. The molecule has 0 radical (unpaired) electrons. The fourth-order valence-corrected chi connectivity index (χ4v) is 2.86. The summed E-state index contributed by atoms with van der Waals surface area (Å²) in [5.41, 5.74) is 0.687. The molecule has 1 aliphatic carbocycles. The number of aliphatic hydroxyl groups is 1. The van der Waals surface area contributed by atoms with Gasteiger partial charge in [-0.1, -0.05) is 31.4 Å². The van der Waals surface area contributed by atoms with Crippen LogP contribution in [-0.2, 0) is 4.74 Å². The summed E-state index contributed by atoms with van der Waals surface area (Å²) >= 11 is 5.70. The first-order chi connectivity index (χ1) is 10.0. The van der Waals surface area contributed by atoms with Crippen molar-refractivity contribution in [3.8, 4) is 0 Å². The summed E-state index contributed by atoms with van der Waals surface area (Å²) in [7, 11) is 0. The quantitative estimate of drug-likeness (QED) is 0.838. The van der Waals surface area contributed by atoms with Crippen molar-refractivity contribution in [3.05, 3.63) is 29.0 Å². The molecule has 0 saturated heterocycles. The molecule has 3 unspecified atom stereocenters. The van der Waals surface area contributed by atoms with E-state index in [0.29, 0.717) is 24.8 Å². The Morgan fingerprint density at radius 1 is 1.48 bits per heavy atom. The molecular formula is C16H23ClFNO2. The van der Waals surface area contributed by atoms with Gasteiger partial charge in [0.25, 0.3) is 0 Å². The number of aliphatic hydroxyl groups excluding tert-OH is 1. The number of hydrogen-bond acceptors (Lipinski definition) is 3. The second-order valence-corrected chi connectivity index (χ2v) is 6.30. The van der Waals surface area contributed by atoms with Crippen molar-refractivity contribution >= 4 is 17.3 Å². The van der Waals surface area contributed by atoms with Gasteiger partial charge in [0.05, 0.1) is 23.8 Å². The van der Waals surface area contributed by atoms with Crippen LogP contribution in [0.4, 0.5) is 10.1 Å². The van der Waals surface area contributed by atoms with Crippen LogP contribution < -0.4 is 5.32 Å². The molecule has 0 amide bonds. The van der Waals surface area contributed by atoms with Gasteiger partial charge in [-0.2, -0.15) is 0 Å². The van der Waals surface area contributed by atoms with E-state index in [4.69, 9.17) is 16.3 Å². The van der Waals surface area contributed by atoms with Gasteiger partial charge < -0.3 is 15.2 Å². The summed E-state index contributed by atoms with van der Waals surface area (Å²) in [6.45, 7) is 2.91. The van der Waals surface area contributed by atoms with E-state index in [1.54, 1.807) is 6.07 Å². The van der Waals surface area contributed by atoms with E-state index in [1.165, 1.54) is 25.0 Å². The Kier molecular flexibility index (Phi) is 6.27. The maximum atomic E-state index is 13.0. The minimum absolute atomic E-state index is 0.0712. The van der Waals surface area contributed by atoms with Crippen molar-refractivity contribution in [2.75, 3.05) is 18.5 Å². The Labute approximate surface area is 130 Å². The lowest BCUT2D eigenvalue weighted by atomic mass is 9.89. The molecule has 1 aliphatic rings. The first-order valence-corrected chi connectivity index (χ1v) is 7.91. The van der Waals surface area contributed by atoms with Crippen LogP contribution in [-0.4, -0.2) is 30.5 Å². The maximum absolute atomic E-state index is 13.0. The van der Waals surface area contributed by atoms with E-state index in [1.807, 2.05) is 0 Å². The largest absolute Gasteiger partial charge is 0.389 e. The van der Waals surface area contributed by atoms with Crippen molar-refractivity contribution in [1.29, 1.82) is 0 Å². The topological polar surface area (TPSA) is 41.5 Å². The van der Waals surface area contributed by atoms with E-state index in [0.717, 1.165) is 12.8 Å². The molecule has 3 nitrogen and oxygen atoms in total. The Morgan fingerprint density at radius 2 is 2.29 bits per heavy atom. The van der Waals surface area contributed by atoms with Gasteiger partial charge >= 0.3 is 0 Å². The van der Waals surface area contributed by atoms with E-state index in [-0.39, 0.29) is 11.1 Å². The van der Waals surface area contributed by atoms with Crippen LogP contribution in [0.15, 0.2) is 18.2 Å². The zero-order valence-corrected chi connectivity index (χ0v) is 13.1. The summed E-state index contributed by atoms with van der Waals surface area (Å²) in [6, 6.07) is 4.40. The predicted octanol–water partition coefficient (Wildman–Crippen LogP) is 3.85. The zero-order valence-electron chi connectivity index (χ0n) is 12.3. The van der Waals surface area contributed by atoms with E-state index >= 15 is 0 Å². The minimum atomic E-state index is -0.592. The highest BCUT2D eigenvalue weighted by atomic mass is 35.5. The number of benzene rings is 1. The second-order valence-electron chi connectivity index (χ2n) is 5.89. The number of rotatable bonds is 6. The Bertz CT molecular complexity index is 458. The van der Waals surface area contributed by atoms with Gasteiger partial charge in [-0.25, -0.2) is 4.39 Å². The van der Waals surface area contributed by atoms with Crippen molar-refractivity contribution < 1.29 is 14.2 Å². The van der Waals surface area contributed by atoms with Crippen LogP contribution >= 0.6 is 11.6 Å². The Hall–Kier alpha value is -0.840. The molecule has 21 heavy (non-hydrogen) atoms. The van der Waals surface area contributed by atoms with Gasteiger partial charge in [0.2, 0.25) is 0 Å². The molecule has 0 aromatic heterocycles. The lowest BCUT2D eigenvalue weighted by molar-refractivity contribution is -0.0274. The summed E-state index contributed by atoms with van der Waals surface area (Å²) in [5.74, 6) is 0.262. The number of nitrogens with one attached hydrogen (secondary N) is 1. The standard InChI is InChI=1S/C16H23ClFNO2/c1-11-3-2-4-14(7-11)21-10-13(20)9-19-12-5-6-16(18)15(17)8-12/h5-6,8,11,13-14,19-20H,2-4,7,9-10H2,1H3. The van der Waals surface area contributed by atoms with Crippen molar-refractivity contribution in [2.45, 2.75) is 44.8 Å². The number of anilines is 1. The fourth-order valence-electron chi connectivity index (χ4n) is 2.68. The highest BCUT2D eigenvalue weighted by Gasteiger charge is 2.20. The van der Waals surface area contributed by atoms with Crippen LogP contribution in [0.1, 0.15) is 32.6 Å². The molecular weight excluding hydrogens is 293 g/mol. The average molecular weight is 316 g/mol. The SMILES string of the molecule is CC1CCCC(OCC(O)CNc2ccc(F)c(Cl)c2)C1. The van der Waals surface area contributed by atoms with Gasteiger partial charge in [-0.3, -0.25) is 0 Å². The maximum Gasteiger partial charge on any atom is 0.141 e. The van der Waals surface area contributed by atoms with Crippen LogP contribution in [0, 0.1) is 11.7 Å². The van der Waals surface area contributed by atoms with E-state index in [2.05, 4.69) is 12.2 Å². The monoisotopic (exact) mass is 315 g/mol. The highest BCUT2D eigenvalue weighted by molar-refractivity contribution is 6.31. The minimum Gasteiger partial charge on any atom is -0.389 e. The Morgan fingerprint density at radius 3 is 3.00 bits per heavy atom. The molecule has 3 atom stereocenters. The Balaban J connectivity index is 1.69. The number of hydrogen-bond donors (Lipinski definition) is 2. The molecule has 2 rings (SSSR count). The molecule has 5 heteroatoms. The van der Waals surface area contributed by atoms with Crippen LogP contribution in [0.3, 0.4) is 0 Å². The molecule has 0 heterocycles. The van der Waals surface area contributed by atoms with Gasteiger partial charge in [-0.05, 0) is 37.0 Å². The molecule has 1 aromatic carbocycles. The van der Waals surface area contributed by atoms with E-state index < -0.39 is 11.9 Å². The molecule has 118 valence electrons. The first-order valence-electron chi connectivity index (χ1n) is 7.53. The molecule has 1 aromatic rings. The van der Waals surface area contributed by atoms with Crippen molar-refractivity contribution in [2.24, 2.45) is 5.92 Å². The van der Waals surface area contributed by atoms with Crippen LogP contribution in [0.2, 0.25) is 5.02 Å². The van der Waals surface area contributed by atoms with E-state index in [9.17, 15) is 9.50 Å². The van der Waals surface area contributed by atoms with Gasteiger partial charge in [0.15, 0.2) is 0 Å². The number of ether oxygens (including phenoxy) is 1. The van der Waals surface area contributed by atoms with Gasteiger partial charge in [0, 0.05) is 12.2 Å². The summed E-state index contributed by atoms with van der Waals surface area (Å²) < 4.78 is 18.8. The third kappa shape index (κ3) is 5.46. The molecule has 2 N–H and O–H groups in total. The van der Waals surface area contributed by atoms with Crippen LogP contribution in [0.5, 0.6) is 0 Å². The lowest BCUT2D eigenvalue weighted by Crippen LogP contribution is -2.30. The van der Waals surface area contributed by atoms with Gasteiger partial charge in [-0.15, -0.1) is 0 Å².